The maximum Gasteiger partial charge on any atom is 0.0834 e. The molecule has 0 aliphatic rings. The van der Waals surface area contributed by atoms with E-state index in [9.17, 15) is 0 Å². The van der Waals surface area contributed by atoms with Gasteiger partial charge in [-0.25, -0.2) is 0 Å². The lowest BCUT2D eigenvalue weighted by Crippen LogP contribution is -2.24. The topological polar surface area (TPSA) is 39.1 Å². The summed E-state index contributed by atoms with van der Waals surface area (Å²) >= 11 is 6.19. The van der Waals surface area contributed by atoms with Crippen LogP contribution in [0, 0.1) is 0 Å². The largest absolute Gasteiger partial charge is 0.383 e. The molecule has 1 aromatic rings. The van der Waals surface area contributed by atoms with Crippen LogP contribution in [0.3, 0.4) is 0 Å². The van der Waals surface area contributed by atoms with E-state index in [1.165, 1.54) is 0 Å². The van der Waals surface area contributed by atoms with Gasteiger partial charge < -0.3 is 10.1 Å². The summed E-state index contributed by atoms with van der Waals surface area (Å²) in [6.45, 7) is 8.05. The van der Waals surface area contributed by atoms with Gasteiger partial charge in [0.15, 0.2) is 0 Å². The molecule has 0 saturated carbocycles. The van der Waals surface area contributed by atoms with Gasteiger partial charge in [-0.1, -0.05) is 24.6 Å². The quantitative estimate of drug-likeness (QED) is 0.727. The Morgan fingerprint density at radius 3 is 3.06 bits per heavy atom. The molecule has 0 spiro atoms. The minimum Gasteiger partial charge on any atom is -0.383 e. The Kier molecular flexibility index (Phi) is 6.26. The standard InChI is InChI=1S/C12H20ClN3O/c1-4-6-11(14-5-2)12-10(13)9-15-16(12)7-8-17-3/h4,9,11,14H,1,5-8H2,2-3H3. The highest BCUT2D eigenvalue weighted by molar-refractivity contribution is 6.31. The molecule has 0 aliphatic heterocycles. The van der Waals surface area contributed by atoms with E-state index in [0.717, 1.165) is 18.7 Å². The summed E-state index contributed by atoms with van der Waals surface area (Å²) in [7, 11) is 1.68. The molecule has 0 amide bonds. The number of methoxy groups -OCH3 is 1. The first-order chi connectivity index (χ1) is 8.24. The molecule has 0 aromatic carbocycles. The molecule has 1 rings (SSSR count). The summed E-state index contributed by atoms with van der Waals surface area (Å²) < 4.78 is 6.96. The first kappa shape index (κ1) is 14.2. The fraction of sp³-hybridized carbons (Fsp3) is 0.583. The predicted octanol–water partition coefficient (Wildman–Crippen LogP) is 2.41. The number of rotatable bonds is 8. The molecule has 17 heavy (non-hydrogen) atoms. The summed E-state index contributed by atoms with van der Waals surface area (Å²) in [6, 6.07) is 0.157. The zero-order valence-corrected chi connectivity index (χ0v) is 11.2. The minimum absolute atomic E-state index is 0.157. The SMILES string of the molecule is C=CCC(NCC)c1c(Cl)cnn1CCOC. The number of hydrogen-bond donors (Lipinski definition) is 1. The third kappa shape index (κ3) is 3.84. The highest BCUT2D eigenvalue weighted by Crippen LogP contribution is 2.25. The van der Waals surface area contributed by atoms with Gasteiger partial charge in [0.25, 0.3) is 0 Å². The van der Waals surface area contributed by atoms with Crippen LogP contribution in [0.15, 0.2) is 18.9 Å². The van der Waals surface area contributed by atoms with Gasteiger partial charge in [0.1, 0.15) is 0 Å². The number of nitrogens with zero attached hydrogens (tertiary/aromatic N) is 2. The van der Waals surface area contributed by atoms with E-state index in [-0.39, 0.29) is 6.04 Å². The fourth-order valence-electron chi connectivity index (χ4n) is 1.78. The van der Waals surface area contributed by atoms with Gasteiger partial charge >= 0.3 is 0 Å². The zero-order chi connectivity index (χ0) is 12.7. The van der Waals surface area contributed by atoms with Crippen molar-refractivity contribution in [3.05, 3.63) is 29.6 Å². The number of aromatic nitrogens is 2. The lowest BCUT2D eigenvalue weighted by molar-refractivity contribution is 0.181. The summed E-state index contributed by atoms with van der Waals surface area (Å²) in [5.41, 5.74) is 1.01. The molecule has 5 heteroatoms. The van der Waals surface area contributed by atoms with Crippen LogP contribution >= 0.6 is 11.6 Å². The first-order valence-electron chi connectivity index (χ1n) is 5.79. The minimum atomic E-state index is 0.157. The second-order valence-electron chi connectivity index (χ2n) is 3.73. The first-order valence-corrected chi connectivity index (χ1v) is 6.16. The average Bonchev–Trinajstić information content (AvgIpc) is 2.67. The summed E-state index contributed by atoms with van der Waals surface area (Å²) in [4.78, 5) is 0. The second kappa shape index (κ2) is 7.48. The molecular formula is C12H20ClN3O. The second-order valence-corrected chi connectivity index (χ2v) is 4.14. The third-order valence-corrected chi connectivity index (χ3v) is 2.81. The highest BCUT2D eigenvalue weighted by atomic mass is 35.5. The van der Waals surface area contributed by atoms with Gasteiger partial charge in [-0.05, 0) is 13.0 Å². The Bertz CT molecular complexity index is 352. The molecule has 1 heterocycles. The molecule has 1 aromatic heterocycles. The van der Waals surface area contributed by atoms with E-state index in [1.807, 2.05) is 10.8 Å². The van der Waals surface area contributed by atoms with Gasteiger partial charge in [-0.3, -0.25) is 4.68 Å². The third-order valence-electron chi connectivity index (χ3n) is 2.52. The van der Waals surface area contributed by atoms with Crippen molar-refractivity contribution in [2.75, 3.05) is 20.3 Å². The van der Waals surface area contributed by atoms with Gasteiger partial charge in [-0.15, -0.1) is 6.58 Å². The molecule has 1 N–H and O–H groups in total. The summed E-state index contributed by atoms with van der Waals surface area (Å²) in [5, 5.41) is 8.34. The van der Waals surface area contributed by atoms with Crippen LogP contribution in [0.25, 0.3) is 0 Å². The van der Waals surface area contributed by atoms with Crippen molar-refractivity contribution in [2.24, 2.45) is 0 Å². The van der Waals surface area contributed by atoms with E-state index in [2.05, 4.69) is 23.9 Å². The fourth-order valence-corrected chi connectivity index (χ4v) is 2.05. The van der Waals surface area contributed by atoms with Crippen molar-refractivity contribution in [1.82, 2.24) is 15.1 Å². The molecule has 1 unspecified atom stereocenters. The Labute approximate surface area is 108 Å². The summed E-state index contributed by atoms with van der Waals surface area (Å²) in [5.74, 6) is 0. The lowest BCUT2D eigenvalue weighted by Gasteiger charge is -2.18. The average molecular weight is 258 g/mol. The van der Waals surface area contributed by atoms with Crippen molar-refractivity contribution in [3.8, 4) is 0 Å². The van der Waals surface area contributed by atoms with Crippen molar-refractivity contribution in [2.45, 2.75) is 25.9 Å². The lowest BCUT2D eigenvalue weighted by atomic mass is 10.1. The number of halogens is 1. The van der Waals surface area contributed by atoms with Crippen molar-refractivity contribution in [3.63, 3.8) is 0 Å². The Morgan fingerprint density at radius 1 is 1.71 bits per heavy atom. The van der Waals surface area contributed by atoms with Gasteiger partial charge in [0.2, 0.25) is 0 Å². The normalized spacial score (nSPS) is 12.6. The Morgan fingerprint density at radius 2 is 2.47 bits per heavy atom. The summed E-state index contributed by atoms with van der Waals surface area (Å²) in [6.07, 6.45) is 4.39. The van der Waals surface area contributed by atoms with Crippen LogP contribution in [-0.2, 0) is 11.3 Å². The smallest absolute Gasteiger partial charge is 0.0834 e. The van der Waals surface area contributed by atoms with E-state index in [0.29, 0.717) is 18.2 Å². The molecule has 0 radical (unpaired) electrons. The van der Waals surface area contributed by atoms with Crippen LogP contribution in [0.1, 0.15) is 25.1 Å². The van der Waals surface area contributed by atoms with Crippen molar-refractivity contribution >= 4 is 11.6 Å². The van der Waals surface area contributed by atoms with Crippen molar-refractivity contribution < 1.29 is 4.74 Å². The maximum absolute atomic E-state index is 6.19. The van der Waals surface area contributed by atoms with Crippen LogP contribution < -0.4 is 5.32 Å². The number of ether oxygens (including phenoxy) is 1. The molecule has 1 atom stereocenters. The molecular weight excluding hydrogens is 238 g/mol. The monoisotopic (exact) mass is 257 g/mol. The molecule has 0 fully saturated rings. The Hall–Kier alpha value is -0.840. The molecule has 0 bridgehead atoms. The highest BCUT2D eigenvalue weighted by Gasteiger charge is 2.18. The van der Waals surface area contributed by atoms with Gasteiger partial charge in [0.05, 0.1) is 36.1 Å². The predicted molar refractivity (Wildman–Crippen MR) is 70.3 cm³/mol. The number of nitrogens with one attached hydrogen (secondary N) is 1. The van der Waals surface area contributed by atoms with E-state index in [4.69, 9.17) is 16.3 Å². The van der Waals surface area contributed by atoms with Crippen LogP contribution in [-0.4, -0.2) is 30.0 Å². The van der Waals surface area contributed by atoms with Crippen molar-refractivity contribution in [1.29, 1.82) is 0 Å². The van der Waals surface area contributed by atoms with Crippen LogP contribution in [0.4, 0.5) is 0 Å². The van der Waals surface area contributed by atoms with Gasteiger partial charge in [-0.2, -0.15) is 5.10 Å². The molecule has 0 aliphatic carbocycles. The zero-order valence-electron chi connectivity index (χ0n) is 10.4. The molecule has 4 nitrogen and oxygen atoms in total. The number of hydrogen-bond acceptors (Lipinski definition) is 3. The van der Waals surface area contributed by atoms with E-state index >= 15 is 0 Å². The van der Waals surface area contributed by atoms with E-state index in [1.54, 1.807) is 13.3 Å². The maximum atomic E-state index is 6.19. The Balaban J connectivity index is 2.90. The van der Waals surface area contributed by atoms with E-state index < -0.39 is 0 Å². The van der Waals surface area contributed by atoms with Crippen LogP contribution in [0.2, 0.25) is 5.02 Å². The molecule has 96 valence electrons. The van der Waals surface area contributed by atoms with Crippen LogP contribution in [0.5, 0.6) is 0 Å². The molecule has 0 saturated heterocycles. The van der Waals surface area contributed by atoms with Gasteiger partial charge in [0, 0.05) is 7.11 Å².